The van der Waals surface area contributed by atoms with Gasteiger partial charge in [0.2, 0.25) is 0 Å². The summed E-state index contributed by atoms with van der Waals surface area (Å²) in [5, 5.41) is 42.4. The largest absolute Gasteiger partial charge is 0.455 e. The van der Waals surface area contributed by atoms with Crippen molar-refractivity contribution in [1.82, 2.24) is 0 Å². The molecule has 0 aromatic rings. The molecule has 8 heteroatoms. The fraction of sp³-hybridized carbons (Fsp3) is 0.919. The van der Waals surface area contributed by atoms with Gasteiger partial charge in [-0.1, -0.05) is 90.4 Å². The van der Waals surface area contributed by atoms with Crippen LogP contribution in [0.2, 0.25) is 0 Å². The number of hydrogen-bond donors (Lipinski definition) is 4. The average Bonchev–Trinajstić information content (AvgIpc) is 3.77. The highest BCUT2D eigenvalue weighted by atomic mass is 16.5. The lowest BCUT2D eigenvalue weighted by molar-refractivity contribution is -0.139. The molecule has 8 nitrogen and oxygen atoms in total. The fourth-order valence-corrected chi connectivity index (χ4v) is 7.29. The highest BCUT2D eigenvalue weighted by Gasteiger charge is 2.36. The molecular weight excluding hydrogens is 572 g/mol. The Kier molecular flexibility index (Phi) is 18.6. The zero-order chi connectivity index (χ0) is 32.4. The van der Waals surface area contributed by atoms with Gasteiger partial charge in [-0.15, -0.1) is 0 Å². The molecule has 0 radical (unpaired) electrons. The van der Waals surface area contributed by atoms with Crippen molar-refractivity contribution in [2.24, 2.45) is 0 Å². The van der Waals surface area contributed by atoms with Crippen LogP contribution in [-0.4, -0.2) is 81.3 Å². The van der Waals surface area contributed by atoms with Crippen LogP contribution in [0.4, 0.5) is 0 Å². The van der Waals surface area contributed by atoms with Gasteiger partial charge in [0, 0.05) is 12.0 Å². The first-order chi connectivity index (χ1) is 21.8. The van der Waals surface area contributed by atoms with Crippen molar-refractivity contribution in [1.29, 1.82) is 0 Å². The van der Waals surface area contributed by atoms with E-state index in [2.05, 4.69) is 6.92 Å². The summed E-state index contributed by atoms with van der Waals surface area (Å²) in [5.41, 5.74) is 0.583. The summed E-state index contributed by atoms with van der Waals surface area (Å²) in [7, 11) is 0. The van der Waals surface area contributed by atoms with E-state index >= 15 is 0 Å². The van der Waals surface area contributed by atoms with E-state index in [1.807, 2.05) is 6.92 Å². The summed E-state index contributed by atoms with van der Waals surface area (Å²) in [6, 6.07) is 0. The van der Waals surface area contributed by atoms with Gasteiger partial charge in [-0.05, 0) is 70.8 Å². The third kappa shape index (κ3) is 14.7. The molecule has 45 heavy (non-hydrogen) atoms. The molecule has 2 fully saturated rings. The van der Waals surface area contributed by atoms with E-state index in [4.69, 9.17) is 14.2 Å². The predicted octanol–water partition coefficient (Wildman–Crippen LogP) is 6.83. The summed E-state index contributed by atoms with van der Waals surface area (Å²) in [6.07, 6.45) is 21.5. The molecule has 0 amide bonds. The number of carbonyl (C=O) groups excluding carboxylic acids is 1. The van der Waals surface area contributed by atoms with Crippen molar-refractivity contribution >= 4 is 5.97 Å². The maximum atomic E-state index is 11.7. The second-order valence-electron chi connectivity index (χ2n) is 14.2. The number of cyclic esters (lactones) is 1. The van der Waals surface area contributed by atoms with E-state index in [9.17, 15) is 25.2 Å². The first-order valence-corrected chi connectivity index (χ1v) is 18.7. The topological polar surface area (TPSA) is 126 Å². The van der Waals surface area contributed by atoms with E-state index < -0.39 is 24.4 Å². The minimum absolute atomic E-state index is 0.148. The van der Waals surface area contributed by atoms with Crippen LogP contribution >= 0.6 is 0 Å². The quantitative estimate of drug-likeness (QED) is 0.0634. The van der Waals surface area contributed by atoms with Gasteiger partial charge in [0.25, 0.3) is 0 Å². The Morgan fingerprint density at radius 1 is 0.667 bits per heavy atom. The molecule has 262 valence electrons. The number of aliphatic hydroxyl groups excluding tert-OH is 4. The molecule has 0 bridgehead atoms. The fourth-order valence-electron chi connectivity index (χ4n) is 7.29. The molecule has 3 rings (SSSR count). The Labute approximate surface area is 273 Å². The van der Waals surface area contributed by atoms with Crippen molar-refractivity contribution in [3.05, 3.63) is 11.6 Å². The van der Waals surface area contributed by atoms with E-state index in [-0.39, 0.29) is 36.5 Å². The third-order valence-electron chi connectivity index (χ3n) is 10.1. The lowest BCUT2D eigenvalue weighted by Crippen LogP contribution is -2.33. The highest BCUT2D eigenvalue weighted by Crippen LogP contribution is 2.31. The van der Waals surface area contributed by atoms with Crippen molar-refractivity contribution < 1.29 is 39.4 Å². The minimum Gasteiger partial charge on any atom is -0.455 e. The monoisotopic (exact) mass is 638 g/mol. The van der Waals surface area contributed by atoms with Crippen LogP contribution in [0.25, 0.3) is 0 Å². The highest BCUT2D eigenvalue weighted by molar-refractivity contribution is 5.90. The van der Waals surface area contributed by atoms with E-state index in [1.165, 1.54) is 51.4 Å². The van der Waals surface area contributed by atoms with Gasteiger partial charge in [-0.25, -0.2) is 4.79 Å². The normalized spacial score (nSPS) is 27.8. The molecule has 9 atom stereocenters. The van der Waals surface area contributed by atoms with Gasteiger partial charge in [0.1, 0.15) is 6.10 Å². The minimum atomic E-state index is -0.638. The van der Waals surface area contributed by atoms with Crippen molar-refractivity contribution in [2.45, 2.75) is 216 Å². The second kappa shape index (κ2) is 21.8. The number of unbranched alkanes of at least 4 members (excludes halogenated alkanes) is 11. The van der Waals surface area contributed by atoms with Crippen molar-refractivity contribution in [3.63, 3.8) is 0 Å². The van der Waals surface area contributed by atoms with Gasteiger partial charge in [-0.3, -0.25) is 0 Å². The molecule has 3 aliphatic heterocycles. The molecule has 0 unspecified atom stereocenters. The molecule has 2 saturated heterocycles. The van der Waals surface area contributed by atoms with Crippen LogP contribution < -0.4 is 0 Å². The van der Waals surface area contributed by atoms with Crippen LogP contribution in [-0.2, 0) is 19.0 Å². The molecule has 0 saturated carbocycles. The van der Waals surface area contributed by atoms with Crippen LogP contribution in [0.3, 0.4) is 0 Å². The van der Waals surface area contributed by atoms with Crippen LogP contribution in [0.1, 0.15) is 162 Å². The number of hydrogen-bond acceptors (Lipinski definition) is 8. The van der Waals surface area contributed by atoms with Crippen molar-refractivity contribution in [2.75, 3.05) is 0 Å². The first kappa shape index (κ1) is 38.4. The zero-order valence-electron chi connectivity index (χ0n) is 28.5. The zero-order valence-corrected chi connectivity index (χ0v) is 28.5. The number of rotatable bonds is 25. The summed E-state index contributed by atoms with van der Waals surface area (Å²) in [5.74, 6) is -0.309. The molecule has 0 aliphatic carbocycles. The SMILES string of the molecule is CCCCCCCCCCCC[C@@H](O)[C@H]1CC[C@@H]([C@H](O)CC[C@H](O)[C@@H]2CC[C@@H](CCCCC[C@@H](O)CC3=C[C@@H](C)OC3=O)O2)O1. The van der Waals surface area contributed by atoms with Gasteiger partial charge < -0.3 is 34.6 Å². The number of esters is 1. The Morgan fingerprint density at radius 3 is 1.78 bits per heavy atom. The Morgan fingerprint density at radius 2 is 1.18 bits per heavy atom. The molecule has 0 aromatic carbocycles. The molecule has 0 spiro atoms. The maximum Gasteiger partial charge on any atom is 0.334 e. The number of aliphatic hydroxyl groups is 4. The van der Waals surface area contributed by atoms with Crippen molar-refractivity contribution in [3.8, 4) is 0 Å². The summed E-state index contributed by atoms with van der Waals surface area (Å²) in [4.78, 5) is 11.7. The van der Waals surface area contributed by atoms with E-state index in [0.717, 1.165) is 70.6 Å². The summed E-state index contributed by atoms with van der Waals surface area (Å²) < 4.78 is 17.3. The van der Waals surface area contributed by atoms with Crippen LogP contribution in [0.5, 0.6) is 0 Å². The Bertz CT molecular complexity index is 833. The second-order valence-corrected chi connectivity index (χ2v) is 14.2. The van der Waals surface area contributed by atoms with Crippen LogP contribution in [0.15, 0.2) is 11.6 Å². The maximum absolute atomic E-state index is 11.7. The Balaban J connectivity index is 1.17. The molecule has 4 N–H and O–H groups in total. The number of ether oxygens (including phenoxy) is 3. The van der Waals surface area contributed by atoms with E-state index in [1.54, 1.807) is 6.08 Å². The predicted molar refractivity (Wildman–Crippen MR) is 177 cm³/mol. The summed E-state index contributed by atoms with van der Waals surface area (Å²) in [6.45, 7) is 4.07. The molecule has 3 heterocycles. The standard InChI is InChI=1S/C37H66O8/c1-3-4-5-6-7-8-9-10-11-15-18-31(39)35-23-24-36(45-35)33(41)21-20-32(40)34-22-19-30(44-34)17-14-12-13-16-29(38)26-28-25-27(2)43-37(28)42/h25,27,29-36,38-41H,3-24,26H2,1-2H3/t27-,29-,30-,31-,32+,33-,34+,35-,36+/m1/s1. The summed E-state index contributed by atoms with van der Waals surface area (Å²) >= 11 is 0. The third-order valence-corrected chi connectivity index (χ3v) is 10.1. The van der Waals surface area contributed by atoms with Gasteiger partial charge >= 0.3 is 5.97 Å². The van der Waals surface area contributed by atoms with Gasteiger partial charge in [-0.2, -0.15) is 0 Å². The first-order valence-electron chi connectivity index (χ1n) is 18.7. The molecule has 3 aliphatic rings. The van der Waals surface area contributed by atoms with E-state index in [0.29, 0.717) is 31.3 Å². The van der Waals surface area contributed by atoms with Gasteiger partial charge in [0.05, 0.1) is 48.8 Å². The Hall–Kier alpha value is -1.03. The van der Waals surface area contributed by atoms with Gasteiger partial charge in [0.15, 0.2) is 0 Å². The average molecular weight is 639 g/mol. The lowest BCUT2D eigenvalue weighted by Gasteiger charge is -2.24. The van der Waals surface area contributed by atoms with Crippen LogP contribution in [0, 0.1) is 0 Å². The number of carbonyl (C=O) groups is 1. The molecule has 0 aromatic heterocycles. The lowest BCUT2D eigenvalue weighted by atomic mass is 9.98. The smallest absolute Gasteiger partial charge is 0.334 e. The molecular formula is C37H66O8.